The summed E-state index contributed by atoms with van der Waals surface area (Å²) in [6, 6.07) is 12.8. The molecule has 0 saturated carbocycles. The van der Waals surface area contributed by atoms with E-state index >= 15 is 0 Å². The molecule has 4 rings (SSSR count). The van der Waals surface area contributed by atoms with Crippen molar-refractivity contribution in [1.82, 2.24) is 14.7 Å². The van der Waals surface area contributed by atoms with E-state index in [2.05, 4.69) is 4.90 Å². The molecule has 0 bridgehead atoms. The molecule has 0 aromatic heterocycles. The van der Waals surface area contributed by atoms with Gasteiger partial charge in [-0.1, -0.05) is 36.4 Å². The summed E-state index contributed by atoms with van der Waals surface area (Å²) in [5.74, 6) is -0.973. The first-order valence-electron chi connectivity index (χ1n) is 9.87. The highest BCUT2D eigenvalue weighted by atomic mass is 19.1. The van der Waals surface area contributed by atoms with Crippen LogP contribution in [0.3, 0.4) is 0 Å². The summed E-state index contributed by atoms with van der Waals surface area (Å²) in [5, 5.41) is 0. The number of halogens is 2. The zero-order chi connectivity index (χ0) is 20.5. The minimum absolute atomic E-state index is 0.0952. The zero-order valence-electron chi connectivity index (χ0n) is 16.7. The first-order valence-corrected chi connectivity index (χ1v) is 9.87. The number of rotatable bonds is 3. The fraction of sp³-hybridized carbons (Fsp3) is 0.348. The number of nitrogens with zero attached hydrogens (tertiary/aromatic N) is 3. The van der Waals surface area contributed by atoms with Gasteiger partial charge >= 0.3 is 6.03 Å². The molecule has 2 aromatic rings. The third-order valence-corrected chi connectivity index (χ3v) is 5.91. The van der Waals surface area contributed by atoms with Crippen LogP contribution >= 0.6 is 0 Å². The quantitative estimate of drug-likeness (QED) is 0.778. The van der Waals surface area contributed by atoms with Crippen LogP contribution in [-0.2, 0) is 0 Å². The van der Waals surface area contributed by atoms with Gasteiger partial charge in [-0.05, 0) is 49.3 Å². The lowest BCUT2D eigenvalue weighted by molar-refractivity contribution is 0.146. The van der Waals surface area contributed by atoms with E-state index in [0.29, 0.717) is 5.57 Å². The number of benzene rings is 2. The highest BCUT2D eigenvalue weighted by molar-refractivity contribution is 5.82. The molecule has 2 atom stereocenters. The topological polar surface area (TPSA) is 26.8 Å². The third-order valence-electron chi connectivity index (χ3n) is 5.91. The van der Waals surface area contributed by atoms with Crippen LogP contribution in [-0.4, -0.2) is 60.5 Å². The van der Waals surface area contributed by atoms with Gasteiger partial charge < -0.3 is 14.7 Å². The highest BCUT2D eigenvalue weighted by Gasteiger charge is 2.36. The monoisotopic (exact) mass is 397 g/mol. The maximum Gasteiger partial charge on any atom is 0.321 e. The van der Waals surface area contributed by atoms with Gasteiger partial charge in [-0.25, -0.2) is 13.6 Å². The number of likely N-dealkylation sites (tertiary alicyclic amines) is 1. The number of likely N-dealkylation sites (N-methyl/N-ethyl adjacent to an activating group) is 2. The van der Waals surface area contributed by atoms with Crippen molar-refractivity contribution < 1.29 is 13.6 Å². The molecule has 29 heavy (non-hydrogen) atoms. The number of amides is 2. The van der Waals surface area contributed by atoms with Gasteiger partial charge in [0.15, 0.2) is 0 Å². The van der Waals surface area contributed by atoms with E-state index in [9.17, 15) is 13.6 Å². The van der Waals surface area contributed by atoms with Crippen molar-refractivity contribution in [2.24, 2.45) is 0 Å². The molecule has 1 unspecified atom stereocenters. The van der Waals surface area contributed by atoms with Crippen molar-refractivity contribution in [2.45, 2.75) is 18.5 Å². The van der Waals surface area contributed by atoms with Gasteiger partial charge in [0.25, 0.3) is 0 Å². The van der Waals surface area contributed by atoms with Crippen molar-refractivity contribution in [1.29, 1.82) is 0 Å². The second-order valence-corrected chi connectivity index (χ2v) is 7.90. The number of carbonyl (C=O) groups excluding carboxylic acids is 1. The molecule has 0 spiro atoms. The van der Waals surface area contributed by atoms with Crippen molar-refractivity contribution in [3.63, 3.8) is 0 Å². The highest BCUT2D eigenvalue weighted by Crippen LogP contribution is 2.36. The molecule has 2 amide bonds. The average molecular weight is 397 g/mol. The van der Waals surface area contributed by atoms with Crippen LogP contribution < -0.4 is 0 Å². The molecule has 6 heteroatoms. The van der Waals surface area contributed by atoms with E-state index in [0.717, 1.165) is 37.2 Å². The summed E-state index contributed by atoms with van der Waals surface area (Å²) >= 11 is 0. The molecule has 1 fully saturated rings. The lowest BCUT2D eigenvalue weighted by atomic mass is 10.0. The van der Waals surface area contributed by atoms with E-state index in [1.165, 1.54) is 6.07 Å². The summed E-state index contributed by atoms with van der Waals surface area (Å²) in [7, 11) is 3.88. The van der Waals surface area contributed by atoms with Crippen LogP contribution in [0.1, 0.15) is 23.6 Å². The maximum absolute atomic E-state index is 14.4. The van der Waals surface area contributed by atoms with Gasteiger partial charge in [-0.3, -0.25) is 0 Å². The van der Waals surface area contributed by atoms with Gasteiger partial charge in [0.2, 0.25) is 0 Å². The van der Waals surface area contributed by atoms with Crippen molar-refractivity contribution >= 4 is 11.6 Å². The first-order chi connectivity index (χ1) is 13.9. The standard InChI is InChI=1S/C23H25F2N3O/c1-26-11-10-19(15-26)27(2)23(29)28-14-17(20-13-18(24)8-9-21(20)25)12-22(28)16-6-4-3-5-7-16/h3-9,12-13,19,22H,10-11,14-15H2,1-2H3/t19?,22-/m0/s1. The molecule has 152 valence electrons. The van der Waals surface area contributed by atoms with E-state index < -0.39 is 11.6 Å². The van der Waals surface area contributed by atoms with E-state index in [-0.39, 0.29) is 30.2 Å². The Morgan fingerprint density at radius 3 is 2.59 bits per heavy atom. The predicted octanol–water partition coefficient (Wildman–Crippen LogP) is 4.16. The predicted molar refractivity (Wildman–Crippen MR) is 109 cm³/mol. The second-order valence-electron chi connectivity index (χ2n) is 7.90. The minimum atomic E-state index is -0.491. The summed E-state index contributed by atoms with van der Waals surface area (Å²) in [6.07, 6.45) is 2.81. The van der Waals surface area contributed by atoms with Gasteiger partial charge in [0, 0.05) is 31.7 Å². The van der Waals surface area contributed by atoms with Gasteiger partial charge in [0.05, 0.1) is 6.04 Å². The Kier molecular flexibility index (Phi) is 5.37. The van der Waals surface area contributed by atoms with Crippen LogP contribution in [0.2, 0.25) is 0 Å². The average Bonchev–Trinajstić information content (AvgIpc) is 3.36. The minimum Gasteiger partial charge on any atom is -0.323 e. The van der Waals surface area contributed by atoms with Crippen molar-refractivity contribution in [3.05, 3.63) is 77.4 Å². The number of carbonyl (C=O) groups is 1. The molecule has 1 saturated heterocycles. The molecule has 0 radical (unpaired) electrons. The van der Waals surface area contributed by atoms with Gasteiger partial charge in [-0.15, -0.1) is 0 Å². The Labute approximate surface area is 170 Å². The van der Waals surface area contributed by atoms with E-state index in [1.807, 2.05) is 50.5 Å². The molecule has 0 aliphatic carbocycles. The van der Waals surface area contributed by atoms with E-state index in [1.54, 1.807) is 9.80 Å². The van der Waals surface area contributed by atoms with Crippen LogP contribution in [0.4, 0.5) is 13.6 Å². The van der Waals surface area contributed by atoms with Crippen LogP contribution in [0, 0.1) is 11.6 Å². The largest absolute Gasteiger partial charge is 0.323 e. The van der Waals surface area contributed by atoms with Crippen molar-refractivity contribution in [3.8, 4) is 0 Å². The normalized spacial score (nSPS) is 22.1. The fourth-order valence-corrected chi connectivity index (χ4v) is 4.23. The Morgan fingerprint density at radius 2 is 1.90 bits per heavy atom. The molecule has 2 aliphatic rings. The first kappa shape index (κ1) is 19.6. The zero-order valence-corrected chi connectivity index (χ0v) is 16.7. The van der Waals surface area contributed by atoms with E-state index in [4.69, 9.17) is 0 Å². The SMILES string of the molecule is CN1CCC(N(C)C(=O)N2CC(c3cc(F)ccc3F)=C[C@H]2c2ccccc2)C1. The van der Waals surface area contributed by atoms with Crippen LogP contribution in [0.25, 0.3) is 5.57 Å². The Bertz CT molecular complexity index is 931. The summed E-state index contributed by atoms with van der Waals surface area (Å²) < 4.78 is 28.2. The molecule has 4 nitrogen and oxygen atoms in total. The smallest absolute Gasteiger partial charge is 0.321 e. The third kappa shape index (κ3) is 3.90. The molecule has 2 aliphatic heterocycles. The number of urea groups is 1. The Morgan fingerprint density at radius 1 is 1.14 bits per heavy atom. The Hall–Kier alpha value is -2.73. The lowest BCUT2D eigenvalue weighted by Crippen LogP contribution is -2.46. The summed E-state index contributed by atoms with van der Waals surface area (Å²) in [4.78, 5) is 19.1. The molecule has 2 aromatic carbocycles. The van der Waals surface area contributed by atoms with Crippen LogP contribution in [0.15, 0.2) is 54.6 Å². The lowest BCUT2D eigenvalue weighted by Gasteiger charge is -2.33. The molecule has 0 N–H and O–H groups in total. The fourth-order valence-electron chi connectivity index (χ4n) is 4.23. The number of hydrogen-bond acceptors (Lipinski definition) is 2. The number of hydrogen-bond donors (Lipinski definition) is 0. The Balaban J connectivity index is 1.66. The van der Waals surface area contributed by atoms with Gasteiger partial charge in [0.1, 0.15) is 11.6 Å². The summed E-state index contributed by atoms with van der Waals surface area (Å²) in [6.45, 7) is 2.04. The van der Waals surface area contributed by atoms with Gasteiger partial charge in [-0.2, -0.15) is 0 Å². The van der Waals surface area contributed by atoms with Crippen molar-refractivity contribution in [2.75, 3.05) is 33.7 Å². The second kappa shape index (κ2) is 7.95. The molecule has 2 heterocycles. The van der Waals surface area contributed by atoms with Crippen LogP contribution in [0.5, 0.6) is 0 Å². The molecular weight excluding hydrogens is 372 g/mol. The molecular formula is C23H25F2N3O. The maximum atomic E-state index is 14.4. The summed E-state index contributed by atoms with van der Waals surface area (Å²) in [5.41, 5.74) is 1.79.